The summed E-state index contributed by atoms with van der Waals surface area (Å²) in [5, 5.41) is 22.4. The van der Waals surface area contributed by atoms with E-state index in [0.29, 0.717) is 30.4 Å². The predicted molar refractivity (Wildman–Crippen MR) is 133 cm³/mol. The molecule has 0 aromatic carbocycles. The normalized spacial score (nSPS) is 48.1. The predicted octanol–water partition coefficient (Wildman–Crippen LogP) is 3.94. The summed E-state index contributed by atoms with van der Waals surface area (Å²) in [4.78, 5) is 14.1. The Morgan fingerprint density at radius 2 is 1.91 bits per heavy atom. The number of morpholine rings is 1. The van der Waals surface area contributed by atoms with Crippen LogP contribution in [0, 0.1) is 28.6 Å². The zero-order valence-corrected chi connectivity index (χ0v) is 21.5. The molecule has 6 rings (SSSR count). The molecule has 1 aromatic rings. The maximum absolute atomic E-state index is 12.4. The largest absolute Gasteiger partial charge is 0.431 e. The number of aliphatic hydroxyl groups is 2. The summed E-state index contributed by atoms with van der Waals surface area (Å²) in [5.74, 6) is 1.87. The van der Waals surface area contributed by atoms with Gasteiger partial charge in [0.25, 0.3) is 0 Å². The molecule has 1 saturated heterocycles. The van der Waals surface area contributed by atoms with Crippen LogP contribution < -0.4 is 5.63 Å². The summed E-state index contributed by atoms with van der Waals surface area (Å²) in [5.41, 5.74) is 0.241. The average molecular weight is 486 g/mol. The Bertz CT molecular complexity index is 975. The Morgan fingerprint density at radius 1 is 1.06 bits per heavy atom. The van der Waals surface area contributed by atoms with Crippen LogP contribution in [0.1, 0.15) is 83.1 Å². The molecule has 6 nitrogen and oxygen atoms in total. The number of ether oxygens (including phenoxy) is 1. The van der Waals surface area contributed by atoms with Crippen molar-refractivity contribution in [2.24, 2.45) is 28.6 Å². The third-order valence-electron chi connectivity index (χ3n) is 11.9. The molecule has 2 N–H and O–H groups in total. The van der Waals surface area contributed by atoms with E-state index >= 15 is 0 Å². The van der Waals surface area contributed by atoms with Crippen LogP contribution in [0.5, 0.6) is 0 Å². The van der Waals surface area contributed by atoms with Crippen molar-refractivity contribution in [2.75, 3.05) is 26.4 Å². The maximum atomic E-state index is 12.4. The van der Waals surface area contributed by atoms with Crippen LogP contribution >= 0.6 is 0 Å². The molecular formula is C29H43NO5. The molecule has 9 atom stereocenters. The van der Waals surface area contributed by atoms with Crippen LogP contribution in [-0.2, 0) is 4.74 Å². The Labute approximate surface area is 209 Å². The van der Waals surface area contributed by atoms with Crippen LogP contribution in [0.2, 0.25) is 0 Å². The highest BCUT2D eigenvalue weighted by atomic mass is 16.5. The molecule has 1 unspecified atom stereocenters. The number of fused-ring (bicyclic) bond motifs is 5. The molecule has 5 fully saturated rings. The van der Waals surface area contributed by atoms with E-state index in [1.165, 1.54) is 38.2 Å². The van der Waals surface area contributed by atoms with Gasteiger partial charge in [-0.15, -0.1) is 0 Å². The van der Waals surface area contributed by atoms with Gasteiger partial charge in [0.05, 0.1) is 37.7 Å². The van der Waals surface area contributed by atoms with Crippen molar-refractivity contribution in [1.82, 2.24) is 4.90 Å². The SMILES string of the molecule is C[C@]12CC[C@H](N3CCOCC3CO)C[C@H]1CC[C@@H]1[C@@H]2CC[C@]2(C)[C@@H](c3ccc(=O)oc3)CC[C@]12O. The highest BCUT2D eigenvalue weighted by Crippen LogP contribution is 2.70. The Morgan fingerprint density at radius 3 is 2.69 bits per heavy atom. The van der Waals surface area contributed by atoms with Crippen molar-refractivity contribution in [1.29, 1.82) is 0 Å². The second kappa shape index (κ2) is 8.68. The van der Waals surface area contributed by atoms with E-state index in [1.54, 1.807) is 6.26 Å². The summed E-state index contributed by atoms with van der Waals surface area (Å²) in [6, 6.07) is 4.14. The Kier molecular flexibility index (Phi) is 5.99. The number of hydrogen-bond donors (Lipinski definition) is 2. The molecule has 0 bridgehead atoms. The number of hydrogen-bond acceptors (Lipinski definition) is 6. The summed E-state index contributed by atoms with van der Waals surface area (Å²) in [7, 11) is 0. The molecule has 1 aliphatic heterocycles. The molecule has 0 amide bonds. The monoisotopic (exact) mass is 485 g/mol. The third-order valence-corrected chi connectivity index (χ3v) is 11.9. The van der Waals surface area contributed by atoms with Crippen LogP contribution in [0.4, 0.5) is 0 Å². The molecule has 2 heterocycles. The molecule has 194 valence electrons. The minimum atomic E-state index is -0.645. The first-order valence-electron chi connectivity index (χ1n) is 14.1. The lowest BCUT2D eigenvalue weighted by Gasteiger charge is -2.64. The average Bonchev–Trinajstić information content (AvgIpc) is 3.15. The molecule has 4 saturated carbocycles. The summed E-state index contributed by atoms with van der Waals surface area (Å²) in [6.45, 7) is 7.39. The van der Waals surface area contributed by atoms with Crippen LogP contribution in [0.15, 0.2) is 27.6 Å². The van der Waals surface area contributed by atoms with Crippen LogP contribution in [0.3, 0.4) is 0 Å². The van der Waals surface area contributed by atoms with Gasteiger partial charge in [0.2, 0.25) is 0 Å². The van der Waals surface area contributed by atoms with E-state index in [-0.39, 0.29) is 35.0 Å². The van der Waals surface area contributed by atoms with Crippen LogP contribution in [0.25, 0.3) is 0 Å². The van der Waals surface area contributed by atoms with Gasteiger partial charge in [0.1, 0.15) is 0 Å². The highest BCUT2D eigenvalue weighted by Gasteiger charge is 2.67. The zero-order chi connectivity index (χ0) is 24.4. The fourth-order valence-corrected chi connectivity index (χ4v) is 9.91. The van der Waals surface area contributed by atoms with Gasteiger partial charge >= 0.3 is 5.63 Å². The third kappa shape index (κ3) is 3.53. The van der Waals surface area contributed by atoms with Crippen molar-refractivity contribution in [3.63, 3.8) is 0 Å². The summed E-state index contributed by atoms with van der Waals surface area (Å²) in [6.07, 6.45) is 11.6. The summed E-state index contributed by atoms with van der Waals surface area (Å²) >= 11 is 0. The quantitative estimate of drug-likeness (QED) is 0.675. The van der Waals surface area contributed by atoms with E-state index in [0.717, 1.165) is 44.4 Å². The van der Waals surface area contributed by atoms with E-state index in [1.807, 2.05) is 6.07 Å². The van der Waals surface area contributed by atoms with Crippen molar-refractivity contribution < 1.29 is 19.4 Å². The topological polar surface area (TPSA) is 83.1 Å². The highest BCUT2D eigenvalue weighted by molar-refractivity contribution is 5.27. The first-order chi connectivity index (χ1) is 16.8. The lowest BCUT2D eigenvalue weighted by molar-refractivity contribution is -0.205. The molecule has 0 radical (unpaired) electrons. The molecule has 1 aromatic heterocycles. The van der Waals surface area contributed by atoms with Gasteiger partial charge in [-0.25, -0.2) is 4.79 Å². The van der Waals surface area contributed by atoms with Gasteiger partial charge in [-0.2, -0.15) is 0 Å². The fraction of sp³-hybridized carbons (Fsp3) is 0.828. The Hall–Kier alpha value is -1.21. The summed E-state index contributed by atoms with van der Waals surface area (Å²) < 4.78 is 10.9. The van der Waals surface area contributed by atoms with Crippen molar-refractivity contribution in [2.45, 2.75) is 95.2 Å². The first kappa shape index (κ1) is 24.1. The smallest absolute Gasteiger partial charge is 0.335 e. The molecule has 0 spiro atoms. The van der Waals surface area contributed by atoms with Gasteiger partial charge in [-0.1, -0.05) is 13.8 Å². The van der Waals surface area contributed by atoms with Crippen molar-refractivity contribution >= 4 is 0 Å². The van der Waals surface area contributed by atoms with E-state index in [4.69, 9.17) is 9.15 Å². The van der Waals surface area contributed by atoms with Gasteiger partial charge in [0, 0.05) is 24.1 Å². The Balaban J connectivity index is 1.23. The lowest BCUT2D eigenvalue weighted by atomic mass is 9.43. The lowest BCUT2D eigenvalue weighted by Crippen LogP contribution is -2.63. The van der Waals surface area contributed by atoms with Crippen molar-refractivity contribution in [3.8, 4) is 0 Å². The van der Waals surface area contributed by atoms with E-state index in [9.17, 15) is 15.0 Å². The number of nitrogens with zero attached hydrogens (tertiary/aromatic N) is 1. The van der Waals surface area contributed by atoms with Gasteiger partial charge < -0.3 is 19.4 Å². The van der Waals surface area contributed by atoms with E-state index < -0.39 is 5.60 Å². The molecule has 35 heavy (non-hydrogen) atoms. The number of aliphatic hydroxyl groups excluding tert-OH is 1. The van der Waals surface area contributed by atoms with Crippen molar-refractivity contribution in [3.05, 3.63) is 34.4 Å². The van der Waals surface area contributed by atoms with E-state index in [2.05, 4.69) is 18.7 Å². The second-order valence-electron chi connectivity index (χ2n) is 12.9. The minimum Gasteiger partial charge on any atom is -0.431 e. The van der Waals surface area contributed by atoms with Gasteiger partial charge in [-0.05, 0) is 98.5 Å². The minimum absolute atomic E-state index is 0.142. The van der Waals surface area contributed by atoms with Crippen LogP contribution in [-0.4, -0.2) is 59.2 Å². The second-order valence-corrected chi connectivity index (χ2v) is 12.9. The first-order valence-corrected chi connectivity index (χ1v) is 14.1. The molecule has 6 heteroatoms. The molecular weight excluding hydrogens is 442 g/mol. The fourth-order valence-electron chi connectivity index (χ4n) is 9.91. The molecule has 5 aliphatic rings. The number of rotatable bonds is 3. The van der Waals surface area contributed by atoms with Gasteiger partial charge in [0.15, 0.2) is 0 Å². The maximum Gasteiger partial charge on any atom is 0.335 e. The molecule has 4 aliphatic carbocycles. The standard InChI is InChI=1S/C29H43NO5/c1-27-10-7-21(30-13-14-34-18-22(30)16-31)15-20(27)4-5-25-24(27)8-11-28(2)23(9-12-29(25,28)33)19-3-6-26(32)35-17-19/h3,6,17,20-25,31,33H,4-5,7-16,18H2,1-2H3/t20-,21+,22?,23-,24+,25-,27+,28-,29+/m1/s1. The van der Waals surface area contributed by atoms with Gasteiger partial charge in [-0.3, -0.25) is 4.90 Å². The zero-order valence-electron chi connectivity index (χ0n) is 21.5.